The average molecular weight is 265 g/mol. The Morgan fingerprint density at radius 1 is 1.50 bits per heavy atom. The zero-order valence-corrected chi connectivity index (χ0v) is 11.0. The standard InChI is InChI=1S/C11H15N5OS/c1-2-3-7-9(18-16-14-7)11-13-10(15-17-11)8(12)6-4-5-6/h6,8H,2-5,12H2,1H3. The van der Waals surface area contributed by atoms with E-state index >= 15 is 0 Å². The van der Waals surface area contributed by atoms with Gasteiger partial charge in [0.25, 0.3) is 5.89 Å². The summed E-state index contributed by atoms with van der Waals surface area (Å²) < 4.78 is 9.24. The van der Waals surface area contributed by atoms with Crippen LogP contribution in [0.15, 0.2) is 4.52 Å². The number of nitrogens with two attached hydrogens (primary N) is 1. The molecule has 2 aromatic heterocycles. The summed E-state index contributed by atoms with van der Waals surface area (Å²) in [7, 11) is 0. The van der Waals surface area contributed by atoms with Crippen molar-refractivity contribution in [2.24, 2.45) is 11.7 Å². The van der Waals surface area contributed by atoms with Crippen LogP contribution in [-0.4, -0.2) is 19.7 Å². The fourth-order valence-electron chi connectivity index (χ4n) is 1.90. The maximum absolute atomic E-state index is 6.05. The van der Waals surface area contributed by atoms with Crippen LogP contribution in [-0.2, 0) is 6.42 Å². The summed E-state index contributed by atoms with van der Waals surface area (Å²) in [4.78, 5) is 5.26. The van der Waals surface area contributed by atoms with Crippen LogP contribution in [0.5, 0.6) is 0 Å². The molecular formula is C11H15N5OS. The molecule has 6 nitrogen and oxygen atoms in total. The Hall–Kier alpha value is -1.34. The first-order chi connectivity index (χ1) is 8.79. The van der Waals surface area contributed by atoms with E-state index in [1.54, 1.807) is 0 Å². The molecule has 0 bridgehead atoms. The summed E-state index contributed by atoms with van der Waals surface area (Å²) in [5.74, 6) is 1.62. The molecule has 1 fully saturated rings. The third kappa shape index (κ3) is 2.15. The second-order valence-corrected chi connectivity index (χ2v) is 5.37. The van der Waals surface area contributed by atoms with Crippen molar-refractivity contribution >= 4 is 11.5 Å². The zero-order chi connectivity index (χ0) is 12.5. The van der Waals surface area contributed by atoms with Gasteiger partial charge in [-0.05, 0) is 36.7 Å². The lowest BCUT2D eigenvalue weighted by Crippen LogP contribution is -2.13. The predicted octanol–water partition coefficient (Wildman–Crippen LogP) is 1.95. The molecule has 0 radical (unpaired) electrons. The van der Waals surface area contributed by atoms with Gasteiger partial charge in [0.1, 0.15) is 4.88 Å². The lowest BCUT2D eigenvalue weighted by molar-refractivity contribution is 0.412. The van der Waals surface area contributed by atoms with E-state index in [1.165, 1.54) is 11.5 Å². The van der Waals surface area contributed by atoms with Gasteiger partial charge in [-0.15, -0.1) is 5.10 Å². The molecule has 1 atom stereocenters. The van der Waals surface area contributed by atoms with E-state index < -0.39 is 0 Å². The van der Waals surface area contributed by atoms with Gasteiger partial charge in [0.15, 0.2) is 5.82 Å². The highest BCUT2D eigenvalue weighted by atomic mass is 32.1. The van der Waals surface area contributed by atoms with Gasteiger partial charge in [0.05, 0.1) is 11.7 Å². The Labute approximate surface area is 109 Å². The molecule has 1 saturated carbocycles. The minimum Gasteiger partial charge on any atom is -0.333 e. The minimum absolute atomic E-state index is 0.0991. The molecule has 96 valence electrons. The van der Waals surface area contributed by atoms with Crippen LogP contribution >= 0.6 is 11.5 Å². The van der Waals surface area contributed by atoms with Crippen LogP contribution in [0, 0.1) is 5.92 Å². The first kappa shape index (κ1) is 11.7. The van der Waals surface area contributed by atoms with Gasteiger partial charge in [-0.1, -0.05) is 23.0 Å². The fourth-order valence-corrected chi connectivity index (χ4v) is 2.53. The molecule has 2 heterocycles. The number of aromatic nitrogens is 4. The molecule has 18 heavy (non-hydrogen) atoms. The third-order valence-electron chi connectivity index (χ3n) is 3.11. The molecule has 7 heteroatoms. The van der Waals surface area contributed by atoms with Crippen molar-refractivity contribution in [3.63, 3.8) is 0 Å². The van der Waals surface area contributed by atoms with E-state index in [1.807, 2.05) is 0 Å². The summed E-state index contributed by atoms with van der Waals surface area (Å²) in [5.41, 5.74) is 6.98. The highest BCUT2D eigenvalue weighted by Crippen LogP contribution is 2.39. The SMILES string of the molecule is CCCc1nnsc1-c1nc(C(N)C2CC2)no1. The van der Waals surface area contributed by atoms with E-state index in [4.69, 9.17) is 10.3 Å². The Morgan fingerprint density at radius 3 is 3.06 bits per heavy atom. The second kappa shape index (κ2) is 4.74. The monoisotopic (exact) mass is 265 g/mol. The third-order valence-corrected chi connectivity index (χ3v) is 3.86. The van der Waals surface area contributed by atoms with E-state index in [9.17, 15) is 0 Å². The summed E-state index contributed by atoms with van der Waals surface area (Å²) >= 11 is 1.29. The van der Waals surface area contributed by atoms with Crippen molar-refractivity contribution in [2.75, 3.05) is 0 Å². The summed E-state index contributed by atoms with van der Waals surface area (Å²) in [6, 6.07) is -0.0991. The maximum Gasteiger partial charge on any atom is 0.271 e. The van der Waals surface area contributed by atoms with Crippen LogP contribution in [0.1, 0.15) is 43.7 Å². The van der Waals surface area contributed by atoms with Crippen LogP contribution in [0.2, 0.25) is 0 Å². The molecule has 0 saturated heterocycles. The quantitative estimate of drug-likeness (QED) is 0.888. The Kier molecular flexibility index (Phi) is 3.09. The van der Waals surface area contributed by atoms with Gasteiger partial charge in [-0.2, -0.15) is 4.98 Å². The molecular weight excluding hydrogens is 250 g/mol. The molecule has 0 amide bonds. The molecule has 0 spiro atoms. The first-order valence-corrected chi connectivity index (χ1v) is 6.97. The Bertz CT molecular complexity index is 533. The van der Waals surface area contributed by atoms with Crippen LogP contribution in [0.4, 0.5) is 0 Å². The van der Waals surface area contributed by atoms with Crippen LogP contribution in [0.3, 0.4) is 0 Å². The summed E-state index contributed by atoms with van der Waals surface area (Å²) in [5, 5.41) is 8.07. The molecule has 1 aliphatic rings. The zero-order valence-electron chi connectivity index (χ0n) is 10.2. The molecule has 2 N–H and O–H groups in total. The van der Waals surface area contributed by atoms with Gasteiger partial charge in [0, 0.05) is 0 Å². The minimum atomic E-state index is -0.0991. The molecule has 3 rings (SSSR count). The van der Waals surface area contributed by atoms with Gasteiger partial charge >= 0.3 is 0 Å². The summed E-state index contributed by atoms with van der Waals surface area (Å²) in [6.07, 6.45) is 4.21. The number of hydrogen-bond donors (Lipinski definition) is 1. The van der Waals surface area contributed by atoms with E-state index in [0.717, 1.165) is 36.3 Å². The molecule has 1 aliphatic carbocycles. The topological polar surface area (TPSA) is 90.7 Å². The highest BCUT2D eigenvalue weighted by Gasteiger charge is 2.33. The van der Waals surface area contributed by atoms with Crippen LogP contribution in [0.25, 0.3) is 10.8 Å². The highest BCUT2D eigenvalue weighted by molar-refractivity contribution is 7.09. The lowest BCUT2D eigenvalue weighted by Gasteiger charge is -2.01. The van der Waals surface area contributed by atoms with Crippen molar-refractivity contribution in [3.05, 3.63) is 11.5 Å². The van der Waals surface area contributed by atoms with Crippen molar-refractivity contribution < 1.29 is 4.52 Å². The van der Waals surface area contributed by atoms with Crippen molar-refractivity contribution in [2.45, 2.75) is 38.6 Å². The Balaban J connectivity index is 1.85. The van der Waals surface area contributed by atoms with Gasteiger partial charge in [-0.25, -0.2) is 0 Å². The first-order valence-electron chi connectivity index (χ1n) is 6.20. The van der Waals surface area contributed by atoms with E-state index in [-0.39, 0.29) is 6.04 Å². The smallest absolute Gasteiger partial charge is 0.271 e. The molecule has 2 aromatic rings. The number of aryl methyl sites for hydroxylation is 1. The Morgan fingerprint density at radius 2 is 2.33 bits per heavy atom. The fraction of sp³-hybridized carbons (Fsp3) is 0.636. The molecule has 1 unspecified atom stereocenters. The van der Waals surface area contributed by atoms with E-state index in [2.05, 4.69) is 26.7 Å². The number of hydrogen-bond acceptors (Lipinski definition) is 7. The van der Waals surface area contributed by atoms with Crippen LogP contribution < -0.4 is 5.73 Å². The second-order valence-electron chi connectivity index (χ2n) is 4.62. The largest absolute Gasteiger partial charge is 0.333 e. The normalized spacial score (nSPS) is 17.0. The van der Waals surface area contributed by atoms with E-state index in [0.29, 0.717) is 17.6 Å². The van der Waals surface area contributed by atoms with Gasteiger partial charge < -0.3 is 10.3 Å². The molecule has 0 aliphatic heterocycles. The maximum atomic E-state index is 6.05. The number of rotatable bonds is 5. The average Bonchev–Trinajstić information content (AvgIpc) is 2.92. The van der Waals surface area contributed by atoms with Crippen molar-refractivity contribution in [3.8, 4) is 10.8 Å². The van der Waals surface area contributed by atoms with Crippen molar-refractivity contribution in [1.29, 1.82) is 0 Å². The lowest BCUT2D eigenvalue weighted by atomic mass is 10.2. The van der Waals surface area contributed by atoms with Gasteiger partial charge in [0.2, 0.25) is 0 Å². The predicted molar refractivity (Wildman–Crippen MR) is 66.8 cm³/mol. The number of nitrogens with zero attached hydrogens (tertiary/aromatic N) is 4. The van der Waals surface area contributed by atoms with Crippen molar-refractivity contribution in [1.82, 2.24) is 19.7 Å². The summed E-state index contributed by atoms with van der Waals surface area (Å²) in [6.45, 7) is 2.10. The molecule has 0 aromatic carbocycles. The van der Waals surface area contributed by atoms with Gasteiger partial charge in [-0.3, -0.25) is 0 Å².